The minimum absolute atomic E-state index is 0.0933. The monoisotopic (exact) mass is 455 g/mol. The fourth-order valence-electron chi connectivity index (χ4n) is 2.85. The molecular weight excluding hydrogens is 426 g/mol. The number of hydrogen-bond acceptors (Lipinski definition) is 10. The Morgan fingerprint density at radius 3 is 2.06 bits per heavy atom. The third-order valence-corrected chi connectivity index (χ3v) is 4.23. The van der Waals surface area contributed by atoms with E-state index in [2.05, 4.69) is 9.47 Å². The van der Waals surface area contributed by atoms with Crippen molar-refractivity contribution in [1.82, 2.24) is 0 Å². The Balaban J connectivity index is 3.10. The van der Waals surface area contributed by atoms with Crippen LogP contribution in [0.3, 0.4) is 0 Å². The molecule has 0 heterocycles. The Hall–Kier alpha value is -3.34. The van der Waals surface area contributed by atoms with Crippen LogP contribution in [0.15, 0.2) is 18.2 Å². The molecule has 0 aromatic heterocycles. The maximum atomic E-state index is 11.9. The van der Waals surface area contributed by atoms with E-state index >= 15 is 0 Å². The highest BCUT2D eigenvalue weighted by Gasteiger charge is 2.37. The highest BCUT2D eigenvalue weighted by molar-refractivity contribution is 5.79. The van der Waals surface area contributed by atoms with Gasteiger partial charge in [-0.15, -0.1) is 0 Å². The zero-order chi connectivity index (χ0) is 24.5. The molecule has 178 valence electrons. The summed E-state index contributed by atoms with van der Waals surface area (Å²) in [4.78, 5) is 46.8. The number of carboxylic acids is 1. The molecule has 0 aliphatic heterocycles. The molecular formula is C21H29NO10. The Labute approximate surface area is 185 Å². The Morgan fingerprint density at radius 1 is 1.00 bits per heavy atom. The van der Waals surface area contributed by atoms with Crippen LogP contribution in [0.25, 0.3) is 0 Å². The number of methoxy groups -OCH3 is 2. The predicted octanol–water partition coefficient (Wildman–Crippen LogP) is 2.67. The van der Waals surface area contributed by atoms with Crippen LogP contribution in [0, 0.1) is 5.92 Å². The second-order valence-corrected chi connectivity index (χ2v) is 7.63. The zero-order valence-electron chi connectivity index (χ0n) is 18.7. The van der Waals surface area contributed by atoms with Crippen molar-refractivity contribution in [3.05, 3.63) is 23.8 Å². The van der Waals surface area contributed by atoms with Gasteiger partial charge in [-0.3, -0.25) is 9.59 Å². The molecule has 0 bridgehead atoms. The highest BCUT2D eigenvalue weighted by atomic mass is 16.7. The maximum Gasteiger partial charge on any atom is 0.513 e. The first-order chi connectivity index (χ1) is 14.9. The van der Waals surface area contributed by atoms with E-state index in [0.29, 0.717) is 5.56 Å². The number of rotatable bonds is 10. The van der Waals surface area contributed by atoms with Crippen LogP contribution >= 0.6 is 0 Å². The van der Waals surface area contributed by atoms with Crippen molar-refractivity contribution in [2.24, 2.45) is 11.7 Å². The van der Waals surface area contributed by atoms with Crippen LogP contribution in [0.5, 0.6) is 11.5 Å². The van der Waals surface area contributed by atoms with Gasteiger partial charge in [0, 0.05) is 19.3 Å². The summed E-state index contributed by atoms with van der Waals surface area (Å²) in [5, 5.41) is 9.72. The van der Waals surface area contributed by atoms with Crippen LogP contribution in [-0.4, -0.2) is 55.2 Å². The summed E-state index contributed by atoms with van der Waals surface area (Å²) in [5.41, 5.74) is 4.69. The second kappa shape index (κ2) is 11.9. The third-order valence-electron chi connectivity index (χ3n) is 4.23. The van der Waals surface area contributed by atoms with Crippen LogP contribution in [-0.2, 0) is 30.2 Å². The number of hydrogen-bond donors (Lipinski definition) is 2. The molecule has 0 radical (unpaired) electrons. The van der Waals surface area contributed by atoms with E-state index in [0.717, 1.165) is 14.2 Å². The van der Waals surface area contributed by atoms with Crippen LogP contribution in [0.2, 0.25) is 0 Å². The summed E-state index contributed by atoms with van der Waals surface area (Å²) in [6.07, 6.45) is -3.06. The number of esters is 1. The van der Waals surface area contributed by atoms with Crippen molar-refractivity contribution < 1.29 is 48.0 Å². The van der Waals surface area contributed by atoms with E-state index in [4.69, 9.17) is 19.9 Å². The van der Waals surface area contributed by atoms with Crippen molar-refractivity contribution in [2.75, 3.05) is 14.2 Å². The molecule has 1 rings (SSSR count). The molecule has 1 aromatic carbocycles. The van der Waals surface area contributed by atoms with Gasteiger partial charge < -0.3 is 34.5 Å². The molecule has 0 amide bonds. The summed E-state index contributed by atoms with van der Waals surface area (Å²) in [5.74, 6) is -2.02. The lowest BCUT2D eigenvalue weighted by molar-refractivity contribution is -0.154. The highest BCUT2D eigenvalue weighted by Crippen LogP contribution is 2.31. The minimum Gasteiger partial charge on any atom is -0.480 e. The van der Waals surface area contributed by atoms with Crippen molar-refractivity contribution >= 4 is 24.2 Å². The van der Waals surface area contributed by atoms with Gasteiger partial charge in [0.1, 0.15) is 11.6 Å². The van der Waals surface area contributed by atoms with E-state index in [1.54, 1.807) is 6.92 Å². The number of carbonyl (C=O) groups is 4. The normalized spacial score (nSPS) is 13.5. The lowest BCUT2D eigenvalue weighted by Gasteiger charge is -2.28. The molecule has 0 fully saturated rings. The fourth-order valence-corrected chi connectivity index (χ4v) is 2.85. The zero-order valence-corrected chi connectivity index (χ0v) is 18.7. The van der Waals surface area contributed by atoms with Crippen LogP contribution in [0.1, 0.15) is 39.2 Å². The van der Waals surface area contributed by atoms with E-state index < -0.39 is 35.9 Å². The average molecular weight is 455 g/mol. The van der Waals surface area contributed by atoms with Gasteiger partial charge in [0.05, 0.1) is 14.2 Å². The Bertz CT molecular complexity index is 838. The van der Waals surface area contributed by atoms with Gasteiger partial charge >= 0.3 is 24.2 Å². The molecule has 0 saturated heterocycles. The number of aliphatic carboxylic acids is 1. The SMILES string of the molecule is COC(=O)Oc1ccc(CC(N)(C[C@H](C)OC(=O)CC(C)C)C(=O)O)cc1OC(=O)OC. The van der Waals surface area contributed by atoms with Crippen LogP contribution in [0.4, 0.5) is 9.59 Å². The summed E-state index contributed by atoms with van der Waals surface area (Å²) in [7, 11) is 2.19. The molecule has 1 aromatic rings. The third kappa shape index (κ3) is 8.42. The summed E-state index contributed by atoms with van der Waals surface area (Å²) in [6.45, 7) is 5.28. The second-order valence-electron chi connectivity index (χ2n) is 7.63. The quantitative estimate of drug-likeness (QED) is 0.303. The van der Waals surface area contributed by atoms with Crippen molar-refractivity contribution in [3.8, 4) is 11.5 Å². The largest absolute Gasteiger partial charge is 0.513 e. The van der Waals surface area contributed by atoms with Crippen molar-refractivity contribution in [1.29, 1.82) is 0 Å². The van der Waals surface area contributed by atoms with E-state index in [-0.39, 0.29) is 36.7 Å². The first kappa shape index (κ1) is 26.7. The first-order valence-electron chi connectivity index (χ1n) is 9.76. The van der Waals surface area contributed by atoms with E-state index in [1.165, 1.54) is 18.2 Å². The summed E-state index contributed by atoms with van der Waals surface area (Å²) >= 11 is 0. The predicted molar refractivity (Wildman–Crippen MR) is 110 cm³/mol. The number of benzene rings is 1. The molecule has 0 aliphatic rings. The standard InChI is InChI=1S/C21H29NO10/c1-12(2)8-17(23)30-13(3)10-21(22,18(24)25)11-14-6-7-15(31-19(26)28-4)16(9-14)32-20(27)29-5/h6-7,9,12-13H,8,10-11,22H2,1-5H3,(H,24,25)/t13-,21?/m0/s1. The first-order valence-corrected chi connectivity index (χ1v) is 9.76. The van der Waals surface area contributed by atoms with E-state index in [1.807, 2.05) is 13.8 Å². The van der Waals surface area contributed by atoms with Gasteiger partial charge in [-0.05, 0) is 30.5 Å². The van der Waals surface area contributed by atoms with Crippen molar-refractivity contribution in [2.45, 2.75) is 51.7 Å². The van der Waals surface area contributed by atoms with Gasteiger partial charge in [-0.2, -0.15) is 0 Å². The number of carboxylic acid groups (broad SMARTS) is 1. The number of carbonyl (C=O) groups excluding carboxylic acids is 3. The average Bonchev–Trinajstić information content (AvgIpc) is 2.68. The van der Waals surface area contributed by atoms with Gasteiger partial charge in [0.2, 0.25) is 0 Å². The lowest BCUT2D eigenvalue weighted by atomic mass is 9.86. The fraction of sp³-hybridized carbons (Fsp3) is 0.524. The summed E-state index contributed by atoms with van der Waals surface area (Å²) < 4.78 is 24.0. The molecule has 11 heteroatoms. The smallest absolute Gasteiger partial charge is 0.480 e. The molecule has 0 spiro atoms. The molecule has 0 aliphatic carbocycles. The number of nitrogens with two attached hydrogens (primary N) is 1. The molecule has 32 heavy (non-hydrogen) atoms. The molecule has 3 N–H and O–H groups in total. The van der Waals surface area contributed by atoms with Gasteiger partial charge in [0.15, 0.2) is 11.5 Å². The van der Waals surface area contributed by atoms with Gasteiger partial charge in [-0.1, -0.05) is 19.9 Å². The molecule has 0 saturated carbocycles. The summed E-state index contributed by atoms with van der Waals surface area (Å²) in [6, 6.07) is 4.02. The molecule has 11 nitrogen and oxygen atoms in total. The maximum absolute atomic E-state index is 11.9. The molecule has 2 atom stereocenters. The van der Waals surface area contributed by atoms with E-state index in [9.17, 15) is 24.3 Å². The number of ether oxygens (including phenoxy) is 5. The Morgan fingerprint density at radius 2 is 1.56 bits per heavy atom. The minimum atomic E-state index is -1.80. The lowest BCUT2D eigenvalue weighted by Crippen LogP contribution is -2.52. The topological polar surface area (TPSA) is 161 Å². The Kier molecular flexibility index (Phi) is 9.92. The van der Waals surface area contributed by atoms with Gasteiger partial charge in [0.25, 0.3) is 0 Å². The van der Waals surface area contributed by atoms with Gasteiger partial charge in [-0.25, -0.2) is 9.59 Å². The van der Waals surface area contributed by atoms with Crippen molar-refractivity contribution in [3.63, 3.8) is 0 Å². The molecule has 1 unspecified atom stereocenters. The van der Waals surface area contributed by atoms with Crippen LogP contribution < -0.4 is 15.2 Å².